The molecule has 2 nitrogen and oxygen atoms in total. The van der Waals surface area contributed by atoms with E-state index >= 15 is 0 Å². The van der Waals surface area contributed by atoms with E-state index in [0.29, 0.717) is 18.6 Å². The van der Waals surface area contributed by atoms with Crippen molar-refractivity contribution < 1.29 is 9.13 Å². The first-order valence-electron chi connectivity index (χ1n) is 8.79. The van der Waals surface area contributed by atoms with Crippen molar-refractivity contribution in [2.24, 2.45) is 4.99 Å². The van der Waals surface area contributed by atoms with Crippen LogP contribution >= 0.6 is 0 Å². The zero-order chi connectivity index (χ0) is 17.9. The largest absolute Gasteiger partial charge is 0.368 e. The summed E-state index contributed by atoms with van der Waals surface area (Å²) in [5, 5.41) is 0. The summed E-state index contributed by atoms with van der Waals surface area (Å²) in [6.45, 7) is 2.58. The van der Waals surface area contributed by atoms with Gasteiger partial charge < -0.3 is 4.74 Å². The molecule has 1 atom stereocenters. The minimum atomic E-state index is -0.247. The Bertz CT molecular complexity index is 949. The molecule has 0 bridgehead atoms. The highest BCUT2D eigenvalue weighted by atomic mass is 19.1. The molecule has 1 heterocycles. The molecule has 3 aromatic carbocycles. The molecule has 0 saturated heterocycles. The quantitative estimate of drug-likeness (QED) is 0.575. The van der Waals surface area contributed by atoms with Gasteiger partial charge in [0.05, 0.1) is 24.1 Å². The number of hydrogen-bond acceptors (Lipinski definition) is 2. The van der Waals surface area contributed by atoms with Crippen LogP contribution in [-0.4, -0.2) is 5.71 Å². The third-order valence-electron chi connectivity index (χ3n) is 4.64. The van der Waals surface area contributed by atoms with Crippen LogP contribution in [0.15, 0.2) is 77.8 Å². The topological polar surface area (TPSA) is 21.6 Å². The van der Waals surface area contributed by atoms with Crippen molar-refractivity contribution >= 4 is 11.4 Å². The fourth-order valence-electron chi connectivity index (χ4n) is 3.30. The molecule has 1 aliphatic rings. The fourth-order valence-corrected chi connectivity index (χ4v) is 3.30. The number of nitrogens with zero attached hydrogens (tertiary/aromatic N) is 1. The summed E-state index contributed by atoms with van der Waals surface area (Å²) in [4.78, 5) is 4.72. The number of aliphatic imine (C=N–C) groups is 1. The van der Waals surface area contributed by atoms with Crippen molar-refractivity contribution in [3.05, 3.63) is 101 Å². The number of hydrogen-bond donors (Lipinski definition) is 0. The Kier molecular flexibility index (Phi) is 4.63. The van der Waals surface area contributed by atoms with Crippen molar-refractivity contribution in [2.75, 3.05) is 0 Å². The van der Waals surface area contributed by atoms with Crippen LogP contribution in [0.1, 0.15) is 34.8 Å². The monoisotopic (exact) mass is 345 g/mol. The van der Waals surface area contributed by atoms with E-state index in [1.165, 1.54) is 11.6 Å². The predicted molar refractivity (Wildman–Crippen MR) is 102 cm³/mol. The van der Waals surface area contributed by atoms with Crippen molar-refractivity contribution in [2.45, 2.75) is 26.1 Å². The molecule has 130 valence electrons. The SMILES string of the molecule is Cc1ccc2c(c1)C(OCc1ccccc1)CC(c1ccccc1F)=N2. The molecule has 0 aromatic heterocycles. The Hall–Kier alpha value is -2.78. The van der Waals surface area contributed by atoms with Gasteiger partial charge in [0.2, 0.25) is 0 Å². The first kappa shape index (κ1) is 16.7. The summed E-state index contributed by atoms with van der Waals surface area (Å²) < 4.78 is 20.5. The number of rotatable bonds is 4. The van der Waals surface area contributed by atoms with Gasteiger partial charge in [0.25, 0.3) is 0 Å². The van der Waals surface area contributed by atoms with Gasteiger partial charge in [-0.05, 0) is 24.6 Å². The minimum Gasteiger partial charge on any atom is -0.368 e. The minimum absolute atomic E-state index is 0.141. The lowest BCUT2D eigenvalue weighted by Crippen LogP contribution is -2.17. The maximum absolute atomic E-state index is 14.3. The second-order valence-corrected chi connectivity index (χ2v) is 6.59. The number of fused-ring (bicyclic) bond motifs is 1. The van der Waals surface area contributed by atoms with E-state index in [4.69, 9.17) is 9.73 Å². The molecule has 0 radical (unpaired) electrons. The second kappa shape index (κ2) is 7.22. The van der Waals surface area contributed by atoms with E-state index in [0.717, 1.165) is 22.5 Å². The standard InChI is InChI=1S/C23H20FNO/c1-16-11-12-21-19(13-16)23(26-15-17-7-3-2-4-8-17)14-22(25-21)18-9-5-6-10-20(18)24/h2-13,23H,14-15H2,1H3. The average Bonchev–Trinajstić information content (AvgIpc) is 2.67. The molecule has 3 aromatic rings. The molecule has 0 saturated carbocycles. The smallest absolute Gasteiger partial charge is 0.132 e. The number of ether oxygens (including phenoxy) is 1. The van der Waals surface area contributed by atoms with E-state index in [9.17, 15) is 4.39 Å². The molecule has 0 fully saturated rings. The molecular weight excluding hydrogens is 325 g/mol. The lowest BCUT2D eigenvalue weighted by Gasteiger charge is -2.26. The summed E-state index contributed by atoms with van der Waals surface area (Å²) in [6.07, 6.45) is 0.418. The summed E-state index contributed by atoms with van der Waals surface area (Å²) >= 11 is 0. The zero-order valence-electron chi connectivity index (χ0n) is 14.7. The lowest BCUT2D eigenvalue weighted by atomic mass is 9.93. The van der Waals surface area contributed by atoms with E-state index < -0.39 is 0 Å². The summed E-state index contributed by atoms with van der Waals surface area (Å²) in [5.74, 6) is -0.247. The molecule has 1 aliphatic heterocycles. The zero-order valence-corrected chi connectivity index (χ0v) is 14.7. The van der Waals surface area contributed by atoms with Crippen molar-refractivity contribution in [1.29, 1.82) is 0 Å². The van der Waals surface area contributed by atoms with Crippen molar-refractivity contribution in [3.8, 4) is 0 Å². The molecule has 0 amide bonds. The summed E-state index contributed by atoms with van der Waals surface area (Å²) in [6, 6.07) is 23.0. The first-order valence-corrected chi connectivity index (χ1v) is 8.79. The number of benzene rings is 3. The molecule has 0 spiro atoms. The van der Waals surface area contributed by atoms with Gasteiger partial charge in [0.15, 0.2) is 0 Å². The van der Waals surface area contributed by atoms with Gasteiger partial charge in [0.1, 0.15) is 5.82 Å². The van der Waals surface area contributed by atoms with Crippen LogP contribution in [-0.2, 0) is 11.3 Å². The summed E-state index contributed by atoms with van der Waals surface area (Å²) in [7, 11) is 0. The second-order valence-electron chi connectivity index (χ2n) is 6.59. The van der Waals surface area contributed by atoms with Gasteiger partial charge in [-0.1, -0.05) is 66.2 Å². The van der Waals surface area contributed by atoms with E-state index in [1.807, 2.05) is 48.5 Å². The summed E-state index contributed by atoms with van der Waals surface area (Å²) in [5.41, 5.74) is 5.50. The van der Waals surface area contributed by atoms with Crippen LogP contribution < -0.4 is 0 Å². The van der Waals surface area contributed by atoms with Crippen LogP contribution in [0, 0.1) is 12.7 Å². The normalized spacial score (nSPS) is 16.1. The van der Waals surface area contributed by atoms with Crippen LogP contribution in [0.2, 0.25) is 0 Å². The Balaban J connectivity index is 1.67. The Labute approximate surface area is 153 Å². The van der Waals surface area contributed by atoms with Crippen LogP contribution in [0.5, 0.6) is 0 Å². The fraction of sp³-hybridized carbons (Fsp3) is 0.174. The molecular formula is C23H20FNO. The average molecular weight is 345 g/mol. The van der Waals surface area contributed by atoms with E-state index in [-0.39, 0.29) is 11.9 Å². The first-order chi connectivity index (χ1) is 12.7. The highest BCUT2D eigenvalue weighted by Crippen LogP contribution is 2.38. The molecule has 3 heteroatoms. The van der Waals surface area contributed by atoms with Crippen LogP contribution in [0.4, 0.5) is 10.1 Å². The van der Waals surface area contributed by atoms with Crippen molar-refractivity contribution in [3.63, 3.8) is 0 Å². The van der Waals surface area contributed by atoms with Crippen LogP contribution in [0.3, 0.4) is 0 Å². The third kappa shape index (κ3) is 3.44. The Morgan fingerprint density at radius 3 is 2.58 bits per heavy atom. The van der Waals surface area contributed by atoms with Crippen LogP contribution in [0.25, 0.3) is 0 Å². The van der Waals surface area contributed by atoms with E-state index in [2.05, 4.69) is 13.0 Å². The molecule has 26 heavy (non-hydrogen) atoms. The Morgan fingerprint density at radius 2 is 1.77 bits per heavy atom. The number of halogens is 1. The number of aryl methyl sites for hydroxylation is 1. The highest BCUT2D eigenvalue weighted by molar-refractivity contribution is 6.03. The van der Waals surface area contributed by atoms with E-state index in [1.54, 1.807) is 12.1 Å². The highest BCUT2D eigenvalue weighted by Gasteiger charge is 2.25. The van der Waals surface area contributed by atoms with Gasteiger partial charge in [-0.3, -0.25) is 4.99 Å². The predicted octanol–water partition coefficient (Wildman–Crippen LogP) is 5.92. The third-order valence-corrected chi connectivity index (χ3v) is 4.64. The molecule has 1 unspecified atom stereocenters. The lowest BCUT2D eigenvalue weighted by molar-refractivity contribution is 0.0441. The molecule has 4 rings (SSSR count). The van der Waals surface area contributed by atoms with Gasteiger partial charge in [-0.2, -0.15) is 0 Å². The maximum atomic E-state index is 14.3. The van der Waals surface area contributed by atoms with Gasteiger partial charge in [0, 0.05) is 17.5 Å². The maximum Gasteiger partial charge on any atom is 0.132 e. The van der Waals surface area contributed by atoms with Gasteiger partial charge in [-0.25, -0.2) is 4.39 Å². The Morgan fingerprint density at radius 1 is 1.00 bits per heavy atom. The van der Waals surface area contributed by atoms with Crippen molar-refractivity contribution in [1.82, 2.24) is 0 Å². The van der Waals surface area contributed by atoms with Gasteiger partial charge >= 0.3 is 0 Å². The molecule has 0 aliphatic carbocycles. The molecule has 0 N–H and O–H groups in total. The van der Waals surface area contributed by atoms with Gasteiger partial charge in [-0.15, -0.1) is 0 Å².